The Labute approximate surface area is 293 Å². The number of ketones is 1. The summed E-state index contributed by atoms with van der Waals surface area (Å²) in [6, 6.07) is 3.68. The Morgan fingerprint density at radius 1 is 1.06 bits per heavy atom. The average molecular weight is 718 g/mol. The lowest BCUT2D eigenvalue weighted by Crippen LogP contribution is -2.55. The summed E-state index contributed by atoms with van der Waals surface area (Å²) >= 11 is 0. The molecule has 5 N–H and O–H groups in total. The largest absolute Gasteiger partial charge is 0.444 e. The van der Waals surface area contributed by atoms with E-state index >= 15 is 0 Å². The lowest BCUT2D eigenvalue weighted by Gasteiger charge is -2.30. The molecular weight excluding hydrogens is 666 g/mol. The van der Waals surface area contributed by atoms with Gasteiger partial charge in [-0.1, -0.05) is 12.1 Å². The van der Waals surface area contributed by atoms with E-state index in [4.69, 9.17) is 14.9 Å². The van der Waals surface area contributed by atoms with Crippen molar-refractivity contribution < 1.29 is 36.7 Å². The number of para-hydroxylation sites is 2. The maximum Gasteiger partial charge on any atom is 0.410 e. The van der Waals surface area contributed by atoms with Crippen LogP contribution in [-0.2, 0) is 24.3 Å². The molecular formula is C34H51N7O8S. The number of sulfonamides is 1. The van der Waals surface area contributed by atoms with Crippen molar-refractivity contribution in [2.75, 3.05) is 45.5 Å². The van der Waals surface area contributed by atoms with Gasteiger partial charge in [0.05, 0.1) is 18.8 Å². The van der Waals surface area contributed by atoms with Crippen LogP contribution in [0.4, 0.5) is 4.79 Å². The Hall–Kier alpha value is -3.60. The lowest BCUT2D eigenvalue weighted by atomic mass is 9.91. The molecule has 0 unspecified atom stereocenters. The fourth-order valence-electron chi connectivity index (χ4n) is 7.09. The van der Waals surface area contributed by atoms with E-state index in [2.05, 4.69) is 20.3 Å². The average Bonchev–Trinajstić information content (AvgIpc) is 3.74. The first-order valence-electron chi connectivity index (χ1n) is 17.9. The van der Waals surface area contributed by atoms with Gasteiger partial charge in [0.1, 0.15) is 23.7 Å². The molecule has 3 aliphatic rings. The smallest absolute Gasteiger partial charge is 0.410 e. The van der Waals surface area contributed by atoms with Gasteiger partial charge in [0.25, 0.3) is 5.89 Å². The number of nitrogens with two attached hydrogens (primary N) is 1. The number of hydrogen-bond acceptors (Lipinski definition) is 11. The maximum atomic E-state index is 14.2. The summed E-state index contributed by atoms with van der Waals surface area (Å²) in [6.07, 6.45) is 6.55. The molecule has 1 aromatic heterocycles. The number of carbonyl (C=O) groups excluding carboxylic acids is 4. The monoisotopic (exact) mass is 717 g/mol. The number of aromatic nitrogens is 1. The molecule has 3 saturated heterocycles. The zero-order chi connectivity index (χ0) is 35.7. The molecule has 2 aromatic rings. The first kappa shape index (κ1) is 37.7. The van der Waals surface area contributed by atoms with E-state index in [1.807, 2.05) is 0 Å². The van der Waals surface area contributed by atoms with E-state index in [0.29, 0.717) is 55.9 Å². The van der Waals surface area contributed by atoms with Gasteiger partial charge in [0, 0.05) is 19.5 Å². The highest BCUT2D eigenvalue weighted by Gasteiger charge is 2.45. The van der Waals surface area contributed by atoms with Crippen LogP contribution in [0.25, 0.3) is 11.1 Å². The molecule has 50 heavy (non-hydrogen) atoms. The van der Waals surface area contributed by atoms with E-state index in [0.717, 1.165) is 51.4 Å². The van der Waals surface area contributed by atoms with Crippen LogP contribution < -0.4 is 21.1 Å². The van der Waals surface area contributed by atoms with Gasteiger partial charge in [-0.25, -0.2) is 22.9 Å². The first-order valence-corrected chi connectivity index (χ1v) is 19.8. The number of piperidine rings is 2. The summed E-state index contributed by atoms with van der Waals surface area (Å²) < 4.78 is 39.0. The maximum absolute atomic E-state index is 14.2. The number of rotatable bonds is 15. The molecule has 5 rings (SSSR count). The number of amides is 3. The van der Waals surface area contributed by atoms with Crippen LogP contribution in [0.2, 0.25) is 0 Å². The second-order valence-corrected chi connectivity index (χ2v) is 15.5. The van der Waals surface area contributed by atoms with Gasteiger partial charge in [-0.2, -0.15) is 0 Å². The number of hydrogen-bond donors (Lipinski definition) is 4. The van der Waals surface area contributed by atoms with Crippen LogP contribution >= 0.6 is 0 Å². The van der Waals surface area contributed by atoms with Gasteiger partial charge >= 0.3 is 6.09 Å². The molecule has 0 radical (unpaired) electrons. The standard InChI is InChI=1S/C34H51N7O8S/c1-50(46,47)39-27(13-12-23-14-17-36-18-15-23)33(44)41-22-24(48-34(45)40-19-7-2-8-20-40)21-28(41)31(43)37-26(10-5-6-16-35)30(42)32-38-25-9-3-4-11-29(25)49-32/h3-4,9,11,23-24,26-28,36,39H,2,5-8,10,12-22,35H2,1H3,(H,37,43)/t24-,26+,27-,28+/m1/s1. The van der Waals surface area contributed by atoms with Crippen molar-refractivity contribution in [3.8, 4) is 0 Å². The number of nitrogens with one attached hydrogen (secondary N) is 3. The van der Waals surface area contributed by atoms with Crippen molar-refractivity contribution in [3.63, 3.8) is 0 Å². The van der Waals surface area contributed by atoms with E-state index in [9.17, 15) is 27.6 Å². The Balaban J connectivity index is 1.37. The molecule has 3 amide bonds. The summed E-state index contributed by atoms with van der Waals surface area (Å²) in [5.41, 5.74) is 6.65. The van der Waals surface area contributed by atoms with E-state index in [1.165, 1.54) is 4.90 Å². The Morgan fingerprint density at radius 2 is 1.80 bits per heavy atom. The van der Waals surface area contributed by atoms with Crippen LogP contribution in [-0.4, -0.2) is 117 Å². The van der Waals surface area contributed by atoms with Gasteiger partial charge in [-0.3, -0.25) is 14.4 Å². The predicted octanol–water partition coefficient (Wildman–Crippen LogP) is 1.91. The molecule has 0 spiro atoms. The van der Waals surface area contributed by atoms with Gasteiger partial charge < -0.3 is 35.3 Å². The molecule has 0 saturated carbocycles. The third-order valence-corrected chi connectivity index (χ3v) is 10.5. The molecule has 0 bridgehead atoms. The molecule has 16 heteroatoms. The number of nitrogens with zero attached hydrogens (tertiary/aromatic N) is 3. The highest BCUT2D eigenvalue weighted by atomic mass is 32.2. The van der Waals surface area contributed by atoms with Crippen molar-refractivity contribution >= 4 is 44.8 Å². The minimum absolute atomic E-state index is 0.0103. The predicted molar refractivity (Wildman–Crippen MR) is 186 cm³/mol. The van der Waals surface area contributed by atoms with Crippen molar-refractivity contribution in [1.82, 2.24) is 30.1 Å². The summed E-state index contributed by atoms with van der Waals surface area (Å²) in [6.45, 7) is 3.16. The summed E-state index contributed by atoms with van der Waals surface area (Å²) in [5.74, 6) is -1.53. The van der Waals surface area contributed by atoms with Crippen LogP contribution in [0.15, 0.2) is 28.7 Å². The number of likely N-dealkylation sites (tertiary alicyclic amines) is 2. The number of Topliss-reactive ketones (excluding diaryl/α,β-unsaturated/α-hetero) is 1. The minimum atomic E-state index is -3.80. The number of ether oxygens (including phenoxy) is 1. The topological polar surface area (TPSA) is 206 Å². The SMILES string of the molecule is CS(=O)(=O)N[C@H](CCC1CCNCC1)C(=O)N1C[C@H](OC(=O)N2CCCCC2)C[C@H]1C(=O)N[C@@H](CCCCN)C(=O)c1nc2ccccc2o1. The van der Waals surface area contributed by atoms with Crippen LogP contribution in [0, 0.1) is 5.92 Å². The van der Waals surface area contributed by atoms with Gasteiger partial charge in [-0.05, 0) is 102 Å². The fraction of sp³-hybridized carbons (Fsp3) is 0.676. The van der Waals surface area contributed by atoms with Crippen LogP contribution in [0.5, 0.6) is 0 Å². The molecule has 0 aliphatic carbocycles. The quantitative estimate of drug-likeness (QED) is 0.155. The first-order chi connectivity index (χ1) is 24.0. The third kappa shape index (κ3) is 10.2. The molecule has 276 valence electrons. The fourth-order valence-corrected chi connectivity index (χ4v) is 7.82. The van der Waals surface area contributed by atoms with Crippen molar-refractivity contribution in [2.45, 2.75) is 94.9 Å². The summed E-state index contributed by atoms with van der Waals surface area (Å²) in [7, 11) is -3.80. The molecule has 3 aliphatic heterocycles. The number of benzene rings is 1. The highest BCUT2D eigenvalue weighted by Crippen LogP contribution is 2.27. The number of carbonyl (C=O) groups is 4. The zero-order valence-electron chi connectivity index (χ0n) is 28.8. The van der Waals surface area contributed by atoms with Gasteiger partial charge in [-0.15, -0.1) is 0 Å². The van der Waals surface area contributed by atoms with Crippen LogP contribution in [0.3, 0.4) is 0 Å². The third-order valence-electron chi connectivity index (χ3n) is 9.79. The van der Waals surface area contributed by atoms with Crippen molar-refractivity contribution in [1.29, 1.82) is 0 Å². The molecule has 4 heterocycles. The molecule has 15 nitrogen and oxygen atoms in total. The van der Waals surface area contributed by atoms with Crippen LogP contribution in [0.1, 0.15) is 81.3 Å². The number of unbranched alkanes of at least 4 members (excludes halogenated alkanes) is 1. The van der Waals surface area contributed by atoms with E-state index in [-0.39, 0.29) is 31.7 Å². The Morgan fingerprint density at radius 3 is 2.50 bits per heavy atom. The number of fused-ring (bicyclic) bond motifs is 1. The lowest BCUT2D eigenvalue weighted by molar-refractivity contribution is -0.140. The zero-order valence-corrected chi connectivity index (χ0v) is 29.6. The Kier molecular flexibility index (Phi) is 13.2. The second kappa shape index (κ2) is 17.6. The molecule has 1 aromatic carbocycles. The Bertz CT molecular complexity index is 1560. The number of oxazole rings is 1. The molecule has 4 atom stereocenters. The van der Waals surface area contributed by atoms with Gasteiger partial charge in [0.15, 0.2) is 5.58 Å². The van der Waals surface area contributed by atoms with E-state index < -0.39 is 57.9 Å². The summed E-state index contributed by atoms with van der Waals surface area (Å²) in [4.78, 5) is 62.4. The molecule has 3 fully saturated rings. The van der Waals surface area contributed by atoms with Gasteiger partial charge in [0.2, 0.25) is 27.6 Å². The normalized spacial score (nSPS) is 21.6. The van der Waals surface area contributed by atoms with Crippen molar-refractivity contribution in [2.24, 2.45) is 11.7 Å². The summed E-state index contributed by atoms with van der Waals surface area (Å²) in [5, 5.41) is 6.14. The minimum Gasteiger partial charge on any atom is -0.444 e. The second-order valence-electron chi connectivity index (χ2n) is 13.7. The van der Waals surface area contributed by atoms with Crippen molar-refractivity contribution in [3.05, 3.63) is 30.2 Å². The highest BCUT2D eigenvalue weighted by molar-refractivity contribution is 7.88. The van der Waals surface area contributed by atoms with E-state index in [1.54, 1.807) is 29.2 Å².